The molecule has 0 spiro atoms. The van der Waals surface area contributed by atoms with Gasteiger partial charge in [-0.3, -0.25) is 4.79 Å². The van der Waals surface area contributed by atoms with Crippen LogP contribution >= 0.6 is 0 Å². The van der Waals surface area contributed by atoms with E-state index in [2.05, 4.69) is 19.2 Å². The summed E-state index contributed by atoms with van der Waals surface area (Å²) in [4.78, 5) is 14.1. The molecule has 0 radical (unpaired) electrons. The Morgan fingerprint density at radius 2 is 2.27 bits per heavy atom. The number of amides is 1. The fourth-order valence-electron chi connectivity index (χ4n) is 1.93. The summed E-state index contributed by atoms with van der Waals surface area (Å²) in [5, 5.41) is 3.04. The summed E-state index contributed by atoms with van der Waals surface area (Å²) in [7, 11) is 1.87. The maximum Gasteiger partial charge on any atom is 0.227 e. The topological polar surface area (TPSA) is 41.6 Å². The molecule has 0 aromatic heterocycles. The molecule has 1 amide bonds. The van der Waals surface area contributed by atoms with Gasteiger partial charge in [0.25, 0.3) is 0 Å². The molecule has 1 atom stereocenters. The van der Waals surface area contributed by atoms with Crippen molar-refractivity contribution in [3.05, 3.63) is 0 Å². The minimum atomic E-state index is -0.169. The molecule has 1 aliphatic heterocycles. The first-order valence-electron chi connectivity index (χ1n) is 5.53. The molecule has 0 saturated carbocycles. The van der Waals surface area contributed by atoms with Gasteiger partial charge in [0.05, 0.1) is 18.8 Å². The fraction of sp³-hybridized carbons (Fsp3) is 0.909. The van der Waals surface area contributed by atoms with Crippen LogP contribution in [0.3, 0.4) is 0 Å². The first-order valence-corrected chi connectivity index (χ1v) is 5.53. The van der Waals surface area contributed by atoms with E-state index < -0.39 is 0 Å². The zero-order valence-corrected chi connectivity index (χ0v) is 10.2. The van der Waals surface area contributed by atoms with Gasteiger partial charge in [0.2, 0.25) is 5.91 Å². The molecule has 0 aromatic rings. The maximum absolute atomic E-state index is 12.1. The summed E-state index contributed by atoms with van der Waals surface area (Å²) in [6.07, 6.45) is 0. The Balaban J connectivity index is 2.64. The normalized spacial score (nSPS) is 22.5. The van der Waals surface area contributed by atoms with Crippen LogP contribution < -0.4 is 5.32 Å². The van der Waals surface area contributed by atoms with Crippen LogP contribution in [0.5, 0.6) is 0 Å². The maximum atomic E-state index is 12.1. The van der Waals surface area contributed by atoms with Crippen molar-refractivity contribution in [2.75, 3.05) is 33.4 Å². The lowest BCUT2D eigenvalue weighted by Crippen LogP contribution is -2.57. The van der Waals surface area contributed by atoms with E-state index in [0.29, 0.717) is 19.8 Å². The number of carbonyl (C=O) groups is 1. The van der Waals surface area contributed by atoms with E-state index in [0.717, 1.165) is 6.54 Å². The summed E-state index contributed by atoms with van der Waals surface area (Å²) in [5.74, 6) is 0.255. The van der Waals surface area contributed by atoms with Gasteiger partial charge < -0.3 is 15.0 Å². The molecule has 1 heterocycles. The van der Waals surface area contributed by atoms with Gasteiger partial charge in [0.15, 0.2) is 0 Å². The van der Waals surface area contributed by atoms with Crippen LogP contribution in [0.25, 0.3) is 0 Å². The Kier molecular flexibility index (Phi) is 4.11. The summed E-state index contributed by atoms with van der Waals surface area (Å²) in [5.41, 5.74) is -0.169. The van der Waals surface area contributed by atoms with Gasteiger partial charge in [0, 0.05) is 19.0 Å². The highest BCUT2D eigenvalue weighted by atomic mass is 16.5. The molecule has 1 rings (SSSR count). The molecule has 0 aliphatic carbocycles. The second kappa shape index (κ2) is 4.94. The second-order valence-electron chi connectivity index (χ2n) is 4.81. The Labute approximate surface area is 92.0 Å². The van der Waals surface area contributed by atoms with Crippen molar-refractivity contribution >= 4 is 5.91 Å². The Hall–Kier alpha value is -0.610. The van der Waals surface area contributed by atoms with Gasteiger partial charge in [-0.2, -0.15) is 0 Å². The van der Waals surface area contributed by atoms with Crippen LogP contribution in [0.15, 0.2) is 0 Å². The molecule has 1 N–H and O–H groups in total. The molecule has 1 saturated heterocycles. The number of hydrogen-bond donors (Lipinski definition) is 1. The van der Waals surface area contributed by atoms with Gasteiger partial charge >= 0.3 is 0 Å². The molecule has 1 unspecified atom stereocenters. The van der Waals surface area contributed by atoms with E-state index in [1.54, 1.807) is 0 Å². The minimum absolute atomic E-state index is 0.0346. The summed E-state index contributed by atoms with van der Waals surface area (Å²) >= 11 is 0. The number of nitrogens with one attached hydrogen (secondary N) is 1. The third-order valence-electron chi connectivity index (χ3n) is 2.84. The van der Waals surface area contributed by atoms with E-state index in [9.17, 15) is 4.79 Å². The molecule has 0 bridgehead atoms. The molecule has 1 aliphatic rings. The van der Waals surface area contributed by atoms with E-state index in [1.807, 2.05) is 18.9 Å². The number of hydrogen-bond acceptors (Lipinski definition) is 3. The largest absolute Gasteiger partial charge is 0.377 e. The lowest BCUT2D eigenvalue weighted by atomic mass is 9.99. The van der Waals surface area contributed by atoms with Crippen molar-refractivity contribution in [3.8, 4) is 0 Å². The highest BCUT2D eigenvalue weighted by Gasteiger charge is 2.35. The third-order valence-corrected chi connectivity index (χ3v) is 2.84. The molecule has 15 heavy (non-hydrogen) atoms. The zero-order chi connectivity index (χ0) is 11.5. The molecule has 4 nitrogen and oxygen atoms in total. The Bertz CT molecular complexity index is 229. The van der Waals surface area contributed by atoms with E-state index in [-0.39, 0.29) is 17.4 Å². The Morgan fingerprint density at radius 1 is 1.60 bits per heavy atom. The third kappa shape index (κ3) is 2.92. The van der Waals surface area contributed by atoms with Gasteiger partial charge in [-0.15, -0.1) is 0 Å². The summed E-state index contributed by atoms with van der Waals surface area (Å²) < 4.78 is 5.40. The molecule has 1 fully saturated rings. The molecule has 0 aromatic carbocycles. The average Bonchev–Trinajstić information content (AvgIpc) is 2.16. The van der Waals surface area contributed by atoms with Crippen LogP contribution in [-0.2, 0) is 9.53 Å². The number of morpholine rings is 1. The highest BCUT2D eigenvalue weighted by molar-refractivity contribution is 5.79. The number of rotatable bonds is 3. The van der Waals surface area contributed by atoms with Crippen LogP contribution in [0.1, 0.15) is 20.8 Å². The van der Waals surface area contributed by atoms with Crippen molar-refractivity contribution in [3.63, 3.8) is 0 Å². The number of nitrogens with zero attached hydrogens (tertiary/aromatic N) is 1. The van der Waals surface area contributed by atoms with Crippen LogP contribution in [-0.4, -0.2) is 49.7 Å². The zero-order valence-electron chi connectivity index (χ0n) is 10.2. The molecule has 4 heteroatoms. The molecule has 88 valence electrons. The fourth-order valence-corrected chi connectivity index (χ4v) is 1.93. The van der Waals surface area contributed by atoms with Crippen molar-refractivity contribution < 1.29 is 9.53 Å². The predicted octanol–water partition coefficient (Wildman–Crippen LogP) is 0.479. The van der Waals surface area contributed by atoms with E-state index >= 15 is 0 Å². The van der Waals surface area contributed by atoms with Crippen molar-refractivity contribution in [2.24, 2.45) is 5.92 Å². The molecular weight excluding hydrogens is 192 g/mol. The average molecular weight is 214 g/mol. The van der Waals surface area contributed by atoms with E-state index in [4.69, 9.17) is 4.74 Å². The lowest BCUT2D eigenvalue weighted by molar-refractivity contribution is -0.150. The van der Waals surface area contributed by atoms with Crippen molar-refractivity contribution in [1.82, 2.24) is 10.2 Å². The monoisotopic (exact) mass is 214 g/mol. The van der Waals surface area contributed by atoms with Gasteiger partial charge in [0.1, 0.15) is 0 Å². The van der Waals surface area contributed by atoms with Gasteiger partial charge in [-0.25, -0.2) is 0 Å². The van der Waals surface area contributed by atoms with Crippen LogP contribution in [0.2, 0.25) is 0 Å². The highest BCUT2D eigenvalue weighted by Crippen LogP contribution is 2.21. The van der Waals surface area contributed by atoms with Gasteiger partial charge in [-0.1, -0.05) is 6.92 Å². The first-order chi connectivity index (χ1) is 6.99. The van der Waals surface area contributed by atoms with Crippen molar-refractivity contribution in [2.45, 2.75) is 26.3 Å². The van der Waals surface area contributed by atoms with Crippen molar-refractivity contribution in [1.29, 1.82) is 0 Å². The Morgan fingerprint density at radius 3 is 2.80 bits per heavy atom. The predicted molar refractivity (Wildman–Crippen MR) is 59.7 cm³/mol. The van der Waals surface area contributed by atoms with Crippen LogP contribution in [0.4, 0.5) is 0 Å². The quantitative estimate of drug-likeness (QED) is 0.743. The first kappa shape index (κ1) is 12.5. The van der Waals surface area contributed by atoms with Gasteiger partial charge in [-0.05, 0) is 20.9 Å². The second-order valence-corrected chi connectivity index (χ2v) is 4.81. The van der Waals surface area contributed by atoms with E-state index in [1.165, 1.54) is 0 Å². The summed E-state index contributed by atoms with van der Waals surface area (Å²) in [6, 6.07) is 0. The lowest BCUT2D eigenvalue weighted by Gasteiger charge is -2.43. The molecular formula is C11H22N2O2. The number of ether oxygens (including phenoxy) is 1. The SMILES string of the molecule is CNCC(C)C(=O)N1CCOCC1(C)C. The minimum Gasteiger partial charge on any atom is -0.377 e. The number of carbonyl (C=O) groups excluding carboxylic acids is 1. The standard InChI is InChI=1S/C11H22N2O2/c1-9(7-12-4)10(14)13-5-6-15-8-11(13,2)3/h9,12H,5-8H2,1-4H3. The summed E-state index contributed by atoms with van der Waals surface area (Å²) in [6.45, 7) is 8.79. The smallest absolute Gasteiger partial charge is 0.227 e. The van der Waals surface area contributed by atoms with Crippen LogP contribution in [0, 0.1) is 5.92 Å².